The Bertz CT molecular complexity index is 952. The third-order valence-corrected chi connectivity index (χ3v) is 5.85. The van der Waals surface area contributed by atoms with Gasteiger partial charge in [0, 0.05) is 5.56 Å². The molecule has 3 rings (SSSR count). The van der Waals surface area contributed by atoms with Crippen LogP contribution in [0.25, 0.3) is 0 Å². The fourth-order valence-electron chi connectivity index (χ4n) is 2.13. The predicted molar refractivity (Wildman–Crippen MR) is 97.3 cm³/mol. The van der Waals surface area contributed by atoms with Crippen LogP contribution >= 0.6 is 39.1 Å². The maximum atomic E-state index is 12.2. The van der Waals surface area contributed by atoms with E-state index in [1.54, 1.807) is 18.2 Å². The topological polar surface area (TPSA) is 100 Å². The molecule has 2 aromatic rings. The van der Waals surface area contributed by atoms with E-state index in [0.717, 1.165) is 0 Å². The van der Waals surface area contributed by atoms with Crippen LogP contribution in [-0.2, 0) is 15.8 Å². The van der Waals surface area contributed by atoms with Crippen molar-refractivity contribution < 1.29 is 13.2 Å². The highest BCUT2D eigenvalue weighted by atomic mass is 79.9. The van der Waals surface area contributed by atoms with Crippen molar-refractivity contribution >= 4 is 72.2 Å². The first-order valence-electron chi connectivity index (χ1n) is 6.47. The molecule has 0 radical (unpaired) electrons. The zero-order chi connectivity index (χ0) is 17.5. The number of halogens is 3. The van der Waals surface area contributed by atoms with Crippen LogP contribution in [0.5, 0.6) is 0 Å². The number of aromatic nitrogens is 1. The lowest BCUT2D eigenvalue weighted by atomic mass is 10.2. The molecule has 0 saturated heterocycles. The number of pyridine rings is 1. The Kier molecular flexibility index (Phi) is 4.60. The Balaban J connectivity index is 1.84. The van der Waals surface area contributed by atoms with Gasteiger partial charge in [-0.15, -0.1) is 0 Å². The van der Waals surface area contributed by atoms with Crippen LogP contribution in [0, 0.1) is 0 Å². The quantitative estimate of drug-likeness (QED) is 0.599. The molecule has 2 amide bonds. The predicted octanol–water partition coefficient (Wildman–Crippen LogP) is 4.05. The summed E-state index contributed by atoms with van der Waals surface area (Å²) in [6.45, 7) is 0. The number of fused-ring (bicyclic) bond motifs is 1. The number of carbonyl (C=O) groups excluding carboxylic acids is 1. The summed E-state index contributed by atoms with van der Waals surface area (Å²) in [7, 11) is -3.49. The van der Waals surface area contributed by atoms with Gasteiger partial charge in [-0.1, -0.05) is 29.3 Å². The molecular formula is C13H9BrCl2N4O3S. The smallest absolute Gasteiger partial charge is 0.306 e. The summed E-state index contributed by atoms with van der Waals surface area (Å²) in [4.78, 5) is 16.2. The van der Waals surface area contributed by atoms with E-state index in [4.69, 9.17) is 23.2 Å². The molecule has 0 saturated carbocycles. The number of rotatable bonds is 2. The van der Waals surface area contributed by atoms with E-state index in [-0.39, 0.29) is 22.2 Å². The van der Waals surface area contributed by atoms with E-state index < -0.39 is 16.1 Å². The van der Waals surface area contributed by atoms with Crippen molar-refractivity contribution in [1.82, 2.24) is 4.98 Å². The molecule has 0 bridgehead atoms. The van der Waals surface area contributed by atoms with E-state index in [9.17, 15) is 13.2 Å². The second-order valence-electron chi connectivity index (χ2n) is 4.86. The van der Waals surface area contributed by atoms with Crippen molar-refractivity contribution in [1.29, 1.82) is 0 Å². The molecule has 0 spiro atoms. The molecule has 7 nitrogen and oxygen atoms in total. The molecule has 0 fully saturated rings. The van der Waals surface area contributed by atoms with E-state index in [1.165, 1.54) is 6.20 Å². The fraction of sp³-hybridized carbons (Fsp3) is 0.0769. The Labute approximate surface area is 155 Å². The molecule has 3 N–H and O–H groups in total. The second-order valence-corrected chi connectivity index (χ2v) is 8.12. The molecule has 1 aromatic carbocycles. The van der Waals surface area contributed by atoms with Gasteiger partial charge in [0.05, 0.1) is 39.1 Å². The molecule has 24 heavy (non-hydrogen) atoms. The second kappa shape index (κ2) is 6.40. The number of anilines is 3. The molecule has 0 unspecified atom stereocenters. The van der Waals surface area contributed by atoms with Crippen molar-refractivity contribution in [3.05, 3.63) is 44.6 Å². The number of sulfonamides is 1. The Hall–Kier alpha value is -1.55. The fourth-order valence-corrected chi connectivity index (χ4v) is 4.38. The lowest BCUT2D eigenvalue weighted by Gasteiger charge is -2.12. The first-order chi connectivity index (χ1) is 11.3. The van der Waals surface area contributed by atoms with Crippen LogP contribution in [-0.4, -0.2) is 19.4 Å². The van der Waals surface area contributed by atoms with Crippen LogP contribution < -0.4 is 15.4 Å². The molecule has 1 aliphatic rings. The summed E-state index contributed by atoms with van der Waals surface area (Å²) >= 11 is 15.1. The third kappa shape index (κ3) is 3.44. The minimum atomic E-state index is -3.49. The number of hydrogen-bond acceptors (Lipinski definition) is 4. The summed E-state index contributed by atoms with van der Waals surface area (Å²) < 4.78 is 26.2. The van der Waals surface area contributed by atoms with Crippen molar-refractivity contribution in [2.75, 3.05) is 15.4 Å². The van der Waals surface area contributed by atoms with E-state index >= 15 is 0 Å². The van der Waals surface area contributed by atoms with Gasteiger partial charge >= 0.3 is 6.03 Å². The maximum Gasteiger partial charge on any atom is 0.323 e. The summed E-state index contributed by atoms with van der Waals surface area (Å²) in [5, 5.41) is 5.59. The number of carbonyl (C=O) groups is 1. The maximum absolute atomic E-state index is 12.2. The highest BCUT2D eigenvalue weighted by Crippen LogP contribution is 2.37. The monoisotopic (exact) mass is 450 g/mol. The normalized spacial score (nSPS) is 14.6. The minimum absolute atomic E-state index is 0.203. The van der Waals surface area contributed by atoms with E-state index in [0.29, 0.717) is 20.9 Å². The van der Waals surface area contributed by atoms with Gasteiger partial charge in [0.25, 0.3) is 0 Å². The summed E-state index contributed by atoms with van der Waals surface area (Å²) in [5.74, 6) is -0.215. The van der Waals surface area contributed by atoms with E-state index in [1.807, 2.05) is 0 Å². The van der Waals surface area contributed by atoms with Crippen LogP contribution in [0.2, 0.25) is 10.0 Å². The van der Waals surface area contributed by atoms with Crippen molar-refractivity contribution in [2.45, 2.75) is 5.75 Å². The Morgan fingerprint density at radius 3 is 2.71 bits per heavy atom. The number of hydrogen-bond donors (Lipinski definition) is 3. The van der Waals surface area contributed by atoms with Gasteiger partial charge in [-0.25, -0.2) is 18.2 Å². The molecule has 1 aliphatic heterocycles. The summed E-state index contributed by atoms with van der Waals surface area (Å²) in [6.07, 6.45) is 1.34. The highest BCUT2D eigenvalue weighted by molar-refractivity contribution is 9.10. The minimum Gasteiger partial charge on any atom is -0.306 e. The van der Waals surface area contributed by atoms with Gasteiger partial charge in [0.2, 0.25) is 10.0 Å². The highest BCUT2D eigenvalue weighted by Gasteiger charge is 2.29. The van der Waals surface area contributed by atoms with Crippen LogP contribution in [0.3, 0.4) is 0 Å². The number of amides is 2. The third-order valence-electron chi connectivity index (χ3n) is 3.17. The van der Waals surface area contributed by atoms with E-state index in [2.05, 4.69) is 36.3 Å². The van der Waals surface area contributed by atoms with Gasteiger partial charge in [0.15, 0.2) is 0 Å². The lowest BCUT2D eigenvalue weighted by Crippen LogP contribution is -2.20. The Morgan fingerprint density at radius 1 is 1.25 bits per heavy atom. The number of nitrogens with zero attached hydrogens (tertiary/aromatic N) is 1. The molecule has 0 atom stereocenters. The average molecular weight is 452 g/mol. The van der Waals surface area contributed by atoms with Gasteiger partial charge < -0.3 is 10.6 Å². The van der Waals surface area contributed by atoms with Gasteiger partial charge in [0.1, 0.15) is 4.60 Å². The lowest BCUT2D eigenvalue weighted by molar-refractivity contribution is 0.262. The SMILES string of the molecule is O=C(Nc1cccc(Cl)c1Cl)Nc1cnc(Br)c2c1NS(=O)(=O)C2. The first-order valence-corrected chi connectivity index (χ1v) is 9.67. The van der Waals surface area contributed by atoms with Crippen LogP contribution in [0.1, 0.15) is 5.56 Å². The van der Waals surface area contributed by atoms with Crippen molar-refractivity contribution in [3.63, 3.8) is 0 Å². The van der Waals surface area contributed by atoms with Gasteiger partial charge in [-0.2, -0.15) is 0 Å². The number of benzene rings is 1. The standard InChI is InChI=1S/C13H9BrCl2N4O3S/c14-12-6-5-24(22,23)20-11(6)9(4-17-12)19-13(21)18-8-3-1-2-7(15)10(8)16/h1-4,20H,5H2,(H2,18,19,21). The number of urea groups is 1. The average Bonchev–Trinajstić information content (AvgIpc) is 2.83. The zero-order valence-electron chi connectivity index (χ0n) is 11.7. The van der Waals surface area contributed by atoms with Gasteiger partial charge in [-0.3, -0.25) is 4.72 Å². The zero-order valence-corrected chi connectivity index (χ0v) is 15.6. The molecule has 126 valence electrons. The summed E-state index contributed by atoms with van der Waals surface area (Å²) in [6, 6.07) is 4.20. The first kappa shape index (κ1) is 17.3. The molecule has 0 aliphatic carbocycles. The largest absolute Gasteiger partial charge is 0.323 e. The molecule has 1 aromatic heterocycles. The Morgan fingerprint density at radius 2 is 1.96 bits per heavy atom. The summed E-state index contributed by atoms with van der Waals surface area (Å²) in [5.41, 5.74) is 1.28. The van der Waals surface area contributed by atoms with Crippen molar-refractivity contribution in [2.24, 2.45) is 0 Å². The number of nitrogens with one attached hydrogen (secondary N) is 3. The van der Waals surface area contributed by atoms with Crippen LogP contribution in [0.4, 0.5) is 21.9 Å². The molecule has 11 heteroatoms. The molecule has 2 heterocycles. The van der Waals surface area contributed by atoms with Crippen LogP contribution in [0.15, 0.2) is 29.0 Å². The molecular weight excluding hydrogens is 443 g/mol. The van der Waals surface area contributed by atoms with Gasteiger partial charge in [-0.05, 0) is 28.1 Å². The van der Waals surface area contributed by atoms with Crippen molar-refractivity contribution in [3.8, 4) is 0 Å².